The van der Waals surface area contributed by atoms with E-state index in [2.05, 4.69) is 30.5 Å². The molecule has 1 amide bonds. The Hall–Kier alpha value is -1.29. The first-order chi connectivity index (χ1) is 9.66. The van der Waals surface area contributed by atoms with Crippen LogP contribution in [0.4, 0.5) is 0 Å². The molecule has 0 radical (unpaired) electrons. The molecule has 110 valence electrons. The first-order valence-corrected chi connectivity index (χ1v) is 7.71. The van der Waals surface area contributed by atoms with Crippen molar-refractivity contribution < 1.29 is 9.53 Å². The maximum absolute atomic E-state index is 12.3. The quantitative estimate of drug-likeness (QED) is 0.831. The van der Waals surface area contributed by atoms with Crippen molar-refractivity contribution >= 4 is 5.91 Å². The number of carbonyl (C=O) groups excluding carboxylic acids is 1. The van der Waals surface area contributed by atoms with Gasteiger partial charge in [-0.15, -0.1) is 0 Å². The molecule has 1 atom stereocenters. The van der Waals surface area contributed by atoms with Crippen LogP contribution in [-0.2, 0) is 9.53 Å². The molecule has 20 heavy (non-hydrogen) atoms. The molecule has 2 fully saturated rings. The van der Waals surface area contributed by atoms with Crippen LogP contribution in [0.2, 0.25) is 0 Å². The zero-order chi connectivity index (χ0) is 14.1. The number of likely N-dealkylation sites (tertiary alicyclic amines) is 1. The van der Waals surface area contributed by atoms with Crippen molar-refractivity contribution in [2.24, 2.45) is 0 Å². The lowest BCUT2D eigenvalue weighted by molar-refractivity contribution is -0.142. The molecule has 0 saturated carbocycles. The smallest absolute Gasteiger partial charge is 0.251 e. The number of aromatic nitrogens is 1. The lowest BCUT2D eigenvalue weighted by Gasteiger charge is -2.35. The molecule has 2 saturated heterocycles. The minimum Gasteiger partial charge on any atom is -0.368 e. The van der Waals surface area contributed by atoms with E-state index in [4.69, 9.17) is 4.74 Å². The highest BCUT2D eigenvalue weighted by molar-refractivity contribution is 5.81. The number of ether oxygens (including phenoxy) is 1. The number of hydrogen-bond acceptors (Lipinski definition) is 2. The van der Waals surface area contributed by atoms with E-state index in [1.807, 2.05) is 4.90 Å². The number of amides is 1. The summed E-state index contributed by atoms with van der Waals surface area (Å²) in [5, 5.41) is 0. The minimum absolute atomic E-state index is 0.165. The Labute approximate surface area is 120 Å². The van der Waals surface area contributed by atoms with Gasteiger partial charge in [0.15, 0.2) is 0 Å². The summed E-state index contributed by atoms with van der Waals surface area (Å²) in [5.74, 6) is 0.210. The lowest BCUT2D eigenvalue weighted by Crippen LogP contribution is -2.44. The van der Waals surface area contributed by atoms with Crippen LogP contribution in [0.1, 0.15) is 43.1 Å². The van der Waals surface area contributed by atoms with Gasteiger partial charge in [0.25, 0.3) is 5.91 Å². The van der Waals surface area contributed by atoms with Crippen LogP contribution in [0.5, 0.6) is 0 Å². The first kappa shape index (κ1) is 13.7. The van der Waals surface area contributed by atoms with Crippen molar-refractivity contribution in [2.75, 3.05) is 19.7 Å². The highest BCUT2D eigenvalue weighted by Crippen LogP contribution is 2.27. The summed E-state index contributed by atoms with van der Waals surface area (Å²) in [6, 6.07) is 4.90. The van der Waals surface area contributed by atoms with Gasteiger partial charge >= 0.3 is 0 Å². The highest BCUT2D eigenvalue weighted by atomic mass is 16.5. The Morgan fingerprint density at radius 2 is 1.80 bits per heavy atom. The maximum atomic E-state index is 12.3. The van der Waals surface area contributed by atoms with Gasteiger partial charge in [0, 0.05) is 37.1 Å². The SMILES string of the molecule is Cc1ccc(C)n1C1CCN(C(=O)C2CCCO2)CC1. The van der Waals surface area contributed by atoms with Crippen LogP contribution in [0, 0.1) is 13.8 Å². The van der Waals surface area contributed by atoms with Crippen molar-refractivity contribution in [1.82, 2.24) is 9.47 Å². The summed E-state index contributed by atoms with van der Waals surface area (Å²) in [7, 11) is 0. The topological polar surface area (TPSA) is 34.5 Å². The van der Waals surface area contributed by atoms with Gasteiger partial charge in [-0.25, -0.2) is 0 Å². The van der Waals surface area contributed by atoms with Crippen molar-refractivity contribution in [3.8, 4) is 0 Å². The molecule has 0 aliphatic carbocycles. The van der Waals surface area contributed by atoms with Crippen LogP contribution < -0.4 is 0 Å². The number of carbonyl (C=O) groups is 1. The highest BCUT2D eigenvalue weighted by Gasteiger charge is 2.31. The van der Waals surface area contributed by atoms with E-state index in [0.29, 0.717) is 6.04 Å². The molecule has 1 aromatic heterocycles. The molecular weight excluding hydrogens is 252 g/mol. The van der Waals surface area contributed by atoms with Gasteiger partial charge in [0.05, 0.1) is 0 Å². The van der Waals surface area contributed by atoms with Crippen molar-refractivity contribution in [2.45, 2.75) is 51.7 Å². The van der Waals surface area contributed by atoms with E-state index < -0.39 is 0 Å². The van der Waals surface area contributed by atoms with Crippen LogP contribution in [0.25, 0.3) is 0 Å². The third-order valence-electron chi connectivity index (χ3n) is 4.67. The molecule has 2 aliphatic rings. The molecule has 4 heteroatoms. The molecule has 3 heterocycles. The molecule has 1 unspecified atom stereocenters. The van der Waals surface area contributed by atoms with Crippen molar-refractivity contribution in [3.63, 3.8) is 0 Å². The third-order valence-corrected chi connectivity index (χ3v) is 4.67. The van der Waals surface area contributed by atoms with Gasteiger partial charge in [-0.1, -0.05) is 0 Å². The van der Waals surface area contributed by atoms with Gasteiger partial charge in [-0.3, -0.25) is 4.79 Å². The second-order valence-corrected chi connectivity index (χ2v) is 6.04. The summed E-state index contributed by atoms with van der Waals surface area (Å²) in [5.41, 5.74) is 2.65. The molecular formula is C16H24N2O2. The number of piperidine rings is 1. The van der Waals surface area contributed by atoms with Crippen molar-refractivity contribution in [3.05, 3.63) is 23.5 Å². The predicted octanol–water partition coefficient (Wildman–Crippen LogP) is 2.45. The number of hydrogen-bond donors (Lipinski definition) is 0. The fraction of sp³-hybridized carbons (Fsp3) is 0.688. The number of aryl methyl sites for hydroxylation is 2. The van der Waals surface area contributed by atoms with E-state index in [1.54, 1.807) is 0 Å². The first-order valence-electron chi connectivity index (χ1n) is 7.71. The summed E-state index contributed by atoms with van der Waals surface area (Å²) < 4.78 is 7.93. The Morgan fingerprint density at radius 3 is 2.35 bits per heavy atom. The Bertz CT molecular complexity index is 461. The van der Waals surface area contributed by atoms with Crippen LogP contribution in [0.3, 0.4) is 0 Å². The van der Waals surface area contributed by atoms with Gasteiger partial charge in [0.1, 0.15) is 6.10 Å². The summed E-state index contributed by atoms with van der Waals surface area (Å²) in [6.45, 7) is 6.79. The van der Waals surface area contributed by atoms with E-state index in [9.17, 15) is 4.79 Å². The molecule has 0 bridgehead atoms. The summed E-state index contributed by atoms with van der Waals surface area (Å²) in [4.78, 5) is 14.3. The third kappa shape index (κ3) is 2.49. The summed E-state index contributed by atoms with van der Waals surface area (Å²) in [6.07, 6.45) is 3.86. The Balaban J connectivity index is 1.61. The van der Waals surface area contributed by atoms with Crippen molar-refractivity contribution in [1.29, 1.82) is 0 Å². The van der Waals surface area contributed by atoms with Gasteiger partial charge in [0.2, 0.25) is 0 Å². The van der Waals surface area contributed by atoms with E-state index in [0.717, 1.165) is 45.4 Å². The van der Waals surface area contributed by atoms with Gasteiger partial charge in [-0.05, 0) is 51.7 Å². The average molecular weight is 276 g/mol. The maximum Gasteiger partial charge on any atom is 0.251 e. The van der Waals surface area contributed by atoms with Crippen LogP contribution >= 0.6 is 0 Å². The standard InChI is InChI=1S/C16H24N2O2/c1-12-5-6-13(2)18(12)14-7-9-17(10-8-14)16(19)15-4-3-11-20-15/h5-6,14-15H,3-4,7-11H2,1-2H3. The molecule has 4 nitrogen and oxygen atoms in total. The van der Waals surface area contributed by atoms with E-state index in [1.165, 1.54) is 11.4 Å². The van der Waals surface area contributed by atoms with Gasteiger partial charge in [-0.2, -0.15) is 0 Å². The Morgan fingerprint density at radius 1 is 1.15 bits per heavy atom. The molecule has 0 spiro atoms. The fourth-order valence-electron chi connectivity index (χ4n) is 3.58. The fourth-order valence-corrected chi connectivity index (χ4v) is 3.58. The van der Waals surface area contributed by atoms with Crippen LogP contribution in [0.15, 0.2) is 12.1 Å². The predicted molar refractivity (Wildman–Crippen MR) is 77.7 cm³/mol. The van der Waals surface area contributed by atoms with Crippen LogP contribution in [-0.4, -0.2) is 41.2 Å². The molecule has 1 aromatic rings. The number of nitrogens with zero attached hydrogens (tertiary/aromatic N) is 2. The average Bonchev–Trinajstić information content (AvgIpc) is 3.09. The summed E-state index contributed by atoms with van der Waals surface area (Å²) >= 11 is 0. The largest absolute Gasteiger partial charge is 0.368 e. The number of rotatable bonds is 2. The molecule has 2 aliphatic heterocycles. The molecule has 0 aromatic carbocycles. The Kier molecular flexibility index (Phi) is 3.83. The normalized spacial score (nSPS) is 24.3. The zero-order valence-corrected chi connectivity index (χ0v) is 12.5. The minimum atomic E-state index is -0.165. The van der Waals surface area contributed by atoms with Gasteiger partial charge < -0.3 is 14.2 Å². The van der Waals surface area contributed by atoms with E-state index in [-0.39, 0.29) is 12.0 Å². The molecule has 0 N–H and O–H groups in total. The lowest BCUT2D eigenvalue weighted by atomic mass is 10.0. The second kappa shape index (κ2) is 5.60. The zero-order valence-electron chi connectivity index (χ0n) is 12.5. The van der Waals surface area contributed by atoms with E-state index >= 15 is 0 Å². The molecule has 3 rings (SSSR count). The monoisotopic (exact) mass is 276 g/mol. The second-order valence-electron chi connectivity index (χ2n) is 6.04.